The Balaban J connectivity index is 2.63. The van der Waals surface area contributed by atoms with Crippen molar-refractivity contribution in [1.29, 1.82) is 0 Å². The highest BCUT2D eigenvalue weighted by molar-refractivity contribution is 6.09. The third kappa shape index (κ3) is 5.91. The lowest BCUT2D eigenvalue weighted by Gasteiger charge is -2.04. The van der Waals surface area contributed by atoms with E-state index in [-0.39, 0.29) is 5.56 Å². The summed E-state index contributed by atoms with van der Waals surface area (Å²) in [4.78, 5) is 22.3. The van der Waals surface area contributed by atoms with Crippen LogP contribution in [0.4, 0.5) is 13.2 Å². The predicted octanol–water partition coefficient (Wildman–Crippen LogP) is 3.01. The molecular weight excluding hydrogens is 283 g/mol. The molecule has 1 aromatic carbocycles. The minimum Gasteiger partial charge on any atom is -0.319 e. The van der Waals surface area contributed by atoms with Crippen molar-refractivity contribution in [3.63, 3.8) is 0 Å². The molecule has 0 atom stereocenters. The summed E-state index contributed by atoms with van der Waals surface area (Å²) < 4.78 is 36.2. The van der Waals surface area contributed by atoms with Gasteiger partial charge in [0.15, 0.2) is 5.78 Å². The Labute approximate surface area is 120 Å². The van der Waals surface area contributed by atoms with Gasteiger partial charge < -0.3 is 5.32 Å². The number of alkyl halides is 3. The molecule has 0 saturated carbocycles. The molecular formula is C15H16F3NO2. The predicted molar refractivity (Wildman–Crippen MR) is 74.0 cm³/mol. The van der Waals surface area contributed by atoms with E-state index in [4.69, 9.17) is 0 Å². The second-order valence-corrected chi connectivity index (χ2v) is 4.44. The molecule has 1 rings (SSSR count). The monoisotopic (exact) mass is 299 g/mol. The molecule has 21 heavy (non-hydrogen) atoms. The van der Waals surface area contributed by atoms with Crippen LogP contribution in [-0.2, 0) is 4.79 Å². The zero-order valence-electron chi connectivity index (χ0n) is 11.5. The Hall–Kier alpha value is -1.95. The lowest BCUT2D eigenvalue weighted by atomic mass is 10.0. The molecule has 6 heteroatoms. The molecule has 0 fully saturated rings. The molecule has 0 heterocycles. The first-order valence-electron chi connectivity index (χ1n) is 6.39. The Morgan fingerprint density at radius 1 is 1.19 bits per heavy atom. The second-order valence-electron chi connectivity index (χ2n) is 4.44. The first kappa shape index (κ1) is 17.1. The topological polar surface area (TPSA) is 46.2 Å². The summed E-state index contributed by atoms with van der Waals surface area (Å²) >= 11 is 0. The molecule has 114 valence electrons. The van der Waals surface area contributed by atoms with Gasteiger partial charge in [0, 0.05) is 5.56 Å². The number of hydrogen-bond acceptors (Lipinski definition) is 3. The van der Waals surface area contributed by atoms with E-state index in [0.717, 1.165) is 18.5 Å². The number of ketones is 2. The number of benzene rings is 1. The van der Waals surface area contributed by atoms with Gasteiger partial charge in [-0.3, -0.25) is 9.59 Å². The third-order valence-electron chi connectivity index (χ3n) is 2.74. The Kier molecular flexibility index (Phi) is 6.30. The van der Waals surface area contributed by atoms with E-state index in [1.807, 2.05) is 19.2 Å². The highest BCUT2D eigenvalue weighted by atomic mass is 19.4. The summed E-state index contributed by atoms with van der Waals surface area (Å²) in [6, 6.07) is 6.09. The molecule has 0 saturated heterocycles. The zero-order chi connectivity index (χ0) is 15.9. The molecule has 0 aliphatic heterocycles. The third-order valence-corrected chi connectivity index (χ3v) is 2.74. The van der Waals surface area contributed by atoms with Gasteiger partial charge >= 0.3 is 6.18 Å². The maximum absolute atomic E-state index is 12.1. The number of nitrogens with one attached hydrogen (secondary N) is 1. The molecule has 0 unspecified atom stereocenters. The first-order valence-corrected chi connectivity index (χ1v) is 6.39. The summed E-state index contributed by atoms with van der Waals surface area (Å²) in [5.41, 5.74) is 0.935. The maximum atomic E-state index is 12.1. The highest BCUT2D eigenvalue weighted by Gasteiger charge is 2.39. The Bertz CT molecular complexity index is 519. The standard InChI is InChI=1S/C15H16F3NO2/c1-19-9-3-2-4-11-5-7-12(8-6-11)13(20)10-14(21)15(16,17)18/h2,4-8,19H,3,9-10H2,1H3. The molecule has 0 amide bonds. The second kappa shape index (κ2) is 7.73. The average Bonchev–Trinajstić information content (AvgIpc) is 2.43. The van der Waals surface area contributed by atoms with Gasteiger partial charge in [-0.15, -0.1) is 0 Å². The Morgan fingerprint density at radius 3 is 2.33 bits per heavy atom. The van der Waals surface area contributed by atoms with Crippen molar-refractivity contribution in [1.82, 2.24) is 5.32 Å². The van der Waals surface area contributed by atoms with Crippen LogP contribution in [0.3, 0.4) is 0 Å². The normalized spacial score (nSPS) is 11.8. The molecule has 0 bridgehead atoms. The summed E-state index contributed by atoms with van der Waals surface area (Å²) in [6.07, 6.45) is -1.48. The summed E-state index contributed by atoms with van der Waals surface area (Å²) in [6.45, 7) is 0.840. The maximum Gasteiger partial charge on any atom is 0.450 e. The van der Waals surface area contributed by atoms with Crippen LogP contribution in [0, 0.1) is 0 Å². The van der Waals surface area contributed by atoms with Crippen LogP contribution in [-0.4, -0.2) is 31.3 Å². The van der Waals surface area contributed by atoms with E-state index in [1.165, 1.54) is 12.1 Å². The van der Waals surface area contributed by atoms with Crippen molar-refractivity contribution in [3.8, 4) is 0 Å². The largest absolute Gasteiger partial charge is 0.450 e. The van der Waals surface area contributed by atoms with Gasteiger partial charge in [-0.25, -0.2) is 0 Å². The van der Waals surface area contributed by atoms with Crippen molar-refractivity contribution in [2.24, 2.45) is 0 Å². The van der Waals surface area contributed by atoms with Gasteiger partial charge in [-0.2, -0.15) is 13.2 Å². The van der Waals surface area contributed by atoms with Crippen LogP contribution in [0.25, 0.3) is 6.08 Å². The van der Waals surface area contributed by atoms with Crippen LogP contribution in [0.15, 0.2) is 30.3 Å². The fourth-order valence-corrected chi connectivity index (χ4v) is 1.58. The Morgan fingerprint density at radius 2 is 1.81 bits per heavy atom. The van der Waals surface area contributed by atoms with Crippen molar-refractivity contribution in [2.45, 2.75) is 19.0 Å². The molecule has 0 radical (unpaired) electrons. The van der Waals surface area contributed by atoms with Gasteiger partial charge in [0.1, 0.15) is 0 Å². The van der Waals surface area contributed by atoms with E-state index in [1.54, 1.807) is 12.1 Å². The lowest BCUT2D eigenvalue weighted by molar-refractivity contribution is -0.170. The lowest BCUT2D eigenvalue weighted by Crippen LogP contribution is -2.25. The van der Waals surface area contributed by atoms with Crippen LogP contribution in [0.5, 0.6) is 0 Å². The van der Waals surface area contributed by atoms with Crippen molar-refractivity contribution >= 4 is 17.6 Å². The number of rotatable bonds is 7. The quantitative estimate of drug-likeness (QED) is 0.478. The number of Topliss-reactive ketones (excluding diaryl/α,β-unsaturated/α-hetero) is 2. The SMILES string of the molecule is CNCCC=Cc1ccc(C(=O)CC(=O)C(F)(F)F)cc1. The fourth-order valence-electron chi connectivity index (χ4n) is 1.58. The number of hydrogen-bond donors (Lipinski definition) is 1. The fraction of sp³-hybridized carbons (Fsp3) is 0.333. The molecule has 0 spiro atoms. The number of carbonyl (C=O) groups excluding carboxylic acids is 2. The van der Waals surface area contributed by atoms with Crippen LogP contribution >= 0.6 is 0 Å². The van der Waals surface area contributed by atoms with E-state index < -0.39 is 24.2 Å². The van der Waals surface area contributed by atoms with Crippen LogP contribution in [0.1, 0.15) is 28.8 Å². The summed E-state index contributed by atoms with van der Waals surface area (Å²) in [5.74, 6) is -2.86. The molecule has 0 aliphatic rings. The van der Waals surface area contributed by atoms with Crippen LogP contribution in [0.2, 0.25) is 0 Å². The van der Waals surface area contributed by atoms with Gasteiger partial charge in [0.25, 0.3) is 0 Å². The first-order chi connectivity index (χ1) is 9.84. The summed E-state index contributed by atoms with van der Waals surface area (Å²) in [7, 11) is 1.84. The number of carbonyl (C=O) groups is 2. The van der Waals surface area contributed by atoms with Crippen molar-refractivity contribution in [3.05, 3.63) is 41.5 Å². The molecule has 1 N–H and O–H groups in total. The molecule has 0 aliphatic carbocycles. The van der Waals surface area contributed by atoms with Gasteiger partial charge in [0.05, 0.1) is 6.42 Å². The van der Waals surface area contributed by atoms with E-state index in [9.17, 15) is 22.8 Å². The minimum atomic E-state index is -4.97. The minimum absolute atomic E-state index is 0.0972. The van der Waals surface area contributed by atoms with E-state index in [0.29, 0.717) is 0 Å². The zero-order valence-corrected chi connectivity index (χ0v) is 11.5. The average molecular weight is 299 g/mol. The van der Waals surface area contributed by atoms with Gasteiger partial charge in [0.2, 0.25) is 5.78 Å². The molecule has 3 nitrogen and oxygen atoms in total. The van der Waals surface area contributed by atoms with Crippen molar-refractivity contribution in [2.75, 3.05) is 13.6 Å². The van der Waals surface area contributed by atoms with Gasteiger partial charge in [-0.1, -0.05) is 36.4 Å². The molecule has 1 aromatic rings. The summed E-state index contributed by atoms with van der Waals surface area (Å²) in [5, 5.41) is 2.99. The van der Waals surface area contributed by atoms with Crippen LogP contribution < -0.4 is 5.32 Å². The van der Waals surface area contributed by atoms with E-state index in [2.05, 4.69) is 5.32 Å². The smallest absolute Gasteiger partial charge is 0.319 e. The highest BCUT2D eigenvalue weighted by Crippen LogP contribution is 2.19. The molecule has 0 aromatic heterocycles. The van der Waals surface area contributed by atoms with Gasteiger partial charge in [-0.05, 0) is 25.6 Å². The van der Waals surface area contributed by atoms with Crippen molar-refractivity contribution < 1.29 is 22.8 Å². The van der Waals surface area contributed by atoms with E-state index >= 15 is 0 Å². The number of halogens is 3.